The van der Waals surface area contributed by atoms with Crippen molar-refractivity contribution in [3.8, 4) is 0 Å². The molecular formula is C10H15N3O3. The van der Waals surface area contributed by atoms with E-state index in [1.165, 1.54) is 6.20 Å². The molecule has 1 aromatic heterocycles. The summed E-state index contributed by atoms with van der Waals surface area (Å²) < 4.78 is 0. The van der Waals surface area contributed by atoms with Crippen LogP contribution in [0.15, 0.2) is 12.3 Å². The first-order valence-corrected chi connectivity index (χ1v) is 5.04. The van der Waals surface area contributed by atoms with Crippen LogP contribution in [-0.4, -0.2) is 27.7 Å². The van der Waals surface area contributed by atoms with E-state index in [1.54, 1.807) is 19.9 Å². The van der Waals surface area contributed by atoms with E-state index >= 15 is 0 Å². The summed E-state index contributed by atoms with van der Waals surface area (Å²) in [6.07, 6.45) is 1.61. The Morgan fingerprint density at radius 1 is 1.69 bits per heavy atom. The lowest BCUT2D eigenvalue weighted by atomic mass is 10.2. The summed E-state index contributed by atoms with van der Waals surface area (Å²) >= 11 is 0. The summed E-state index contributed by atoms with van der Waals surface area (Å²) in [6.45, 7) is 3.79. The third kappa shape index (κ3) is 3.16. The standard InChI is InChI=1S/C10H15N3O3/c1-7-3-5-11-10(9(7)13(15)16)12-6-4-8(2)14/h3,5,8,14H,4,6H2,1-2H3,(H,11,12). The van der Waals surface area contributed by atoms with Gasteiger partial charge < -0.3 is 10.4 Å². The van der Waals surface area contributed by atoms with Crippen LogP contribution in [0.5, 0.6) is 0 Å². The minimum Gasteiger partial charge on any atom is -0.393 e. The zero-order valence-corrected chi connectivity index (χ0v) is 9.30. The number of nitrogens with zero attached hydrogens (tertiary/aromatic N) is 2. The van der Waals surface area contributed by atoms with Crippen LogP contribution in [0.2, 0.25) is 0 Å². The second kappa shape index (κ2) is 5.41. The number of anilines is 1. The highest BCUT2D eigenvalue weighted by Gasteiger charge is 2.17. The molecule has 1 aromatic rings. The predicted octanol–water partition coefficient (Wildman–Crippen LogP) is 1.48. The maximum atomic E-state index is 10.8. The highest BCUT2D eigenvalue weighted by Crippen LogP contribution is 2.25. The smallest absolute Gasteiger partial charge is 0.314 e. The SMILES string of the molecule is Cc1ccnc(NCCC(C)O)c1[N+](=O)[O-]. The van der Waals surface area contributed by atoms with E-state index in [-0.39, 0.29) is 11.5 Å². The molecule has 1 heterocycles. The Balaban J connectivity index is 2.79. The van der Waals surface area contributed by atoms with Gasteiger partial charge in [-0.1, -0.05) is 0 Å². The quantitative estimate of drug-likeness (QED) is 0.585. The molecule has 0 amide bonds. The molecule has 0 saturated carbocycles. The normalized spacial score (nSPS) is 12.2. The maximum Gasteiger partial charge on any atom is 0.314 e. The first-order valence-electron chi connectivity index (χ1n) is 5.04. The van der Waals surface area contributed by atoms with Gasteiger partial charge in [0.1, 0.15) is 0 Å². The molecule has 6 heteroatoms. The zero-order chi connectivity index (χ0) is 12.1. The molecule has 88 valence electrons. The maximum absolute atomic E-state index is 10.8. The molecule has 0 fully saturated rings. The Morgan fingerprint density at radius 3 is 2.94 bits per heavy atom. The molecule has 0 saturated heterocycles. The van der Waals surface area contributed by atoms with Crippen molar-refractivity contribution in [2.24, 2.45) is 0 Å². The van der Waals surface area contributed by atoms with Gasteiger partial charge in [-0.2, -0.15) is 0 Å². The number of rotatable bonds is 5. The molecule has 1 rings (SSSR count). The number of nitro groups is 1. The van der Waals surface area contributed by atoms with Gasteiger partial charge in [-0.25, -0.2) is 4.98 Å². The van der Waals surface area contributed by atoms with Gasteiger partial charge in [-0.05, 0) is 26.3 Å². The molecule has 16 heavy (non-hydrogen) atoms. The average molecular weight is 225 g/mol. The van der Waals surface area contributed by atoms with Crippen molar-refractivity contribution in [3.05, 3.63) is 27.9 Å². The molecule has 0 spiro atoms. The van der Waals surface area contributed by atoms with Crippen LogP contribution in [-0.2, 0) is 0 Å². The third-order valence-corrected chi connectivity index (χ3v) is 2.16. The number of aromatic nitrogens is 1. The minimum absolute atomic E-state index is 0.00640. The topological polar surface area (TPSA) is 88.3 Å². The summed E-state index contributed by atoms with van der Waals surface area (Å²) in [5.74, 6) is 0.255. The van der Waals surface area contributed by atoms with Gasteiger partial charge in [0.2, 0.25) is 5.82 Å². The van der Waals surface area contributed by atoms with Crippen molar-refractivity contribution < 1.29 is 10.0 Å². The molecule has 0 aliphatic heterocycles. The van der Waals surface area contributed by atoms with Crippen LogP contribution in [0, 0.1) is 17.0 Å². The molecule has 1 unspecified atom stereocenters. The minimum atomic E-state index is -0.451. The highest BCUT2D eigenvalue weighted by atomic mass is 16.6. The average Bonchev–Trinajstić information content (AvgIpc) is 2.16. The lowest BCUT2D eigenvalue weighted by molar-refractivity contribution is -0.384. The highest BCUT2D eigenvalue weighted by molar-refractivity contribution is 5.59. The third-order valence-electron chi connectivity index (χ3n) is 2.16. The van der Waals surface area contributed by atoms with Gasteiger partial charge in [0.25, 0.3) is 0 Å². The first-order chi connectivity index (χ1) is 7.52. The largest absolute Gasteiger partial charge is 0.393 e. The number of hydrogen-bond donors (Lipinski definition) is 2. The molecule has 2 N–H and O–H groups in total. The summed E-state index contributed by atoms with van der Waals surface area (Å²) in [4.78, 5) is 14.3. The van der Waals surface area contributed by atoms with Gasteiger partial charge in [0.05, 0.1) is 11.0 Å². The number of aliphatic hydroxyl groups excluding tert-OH is 1. The number of pyridine rings is 1. The zero-order valence-electron chi connectivity index (χ0n) is 9.30. The number of hydrogen-bond acceptors (Lipinski definition) is 5. The Bertz CT molecular complexity index is 380. The van der Waals surface area contributed by atoms with Crippen molar-refractivity contribution in [3.63, 3.8) is 0 Å². The molecular weight excluding hydrogens is 210 g/mol. The van der Waals surface area contributed by atoms with E-state index in [4.69, 9.17) is 5.11 Å². The Hall–Kier alpha value is -1.69. The Labute approximate surface area is 93.5 Å². The molecule has 0 aromatic carbocycles. The van der Waals surface area contributed by atoms with Gasteiger partial charge in [-0.3, -0.25) is 10.1 Å². The molecule has 0 radical (unpaired) electrons. The van der Waals surface area contributed by atoms with E-state index < -0.39 is 11.0 Å². The summed E-state index contributed by atoms with van der Waals surface area (Å²) in [5, 5.41) is 22.7. The monoisotopic (exact) mass is 225 g/mol. The molecule has 6 nitrogen and oxygen atoms in total. The Kier molecular flexibility index (Phi) is 4.19. The van der Waals surface area contributed by atoms with Crippen molar-refractivity contribution in [1.29, 1.82) is 0 Å². The molecule has 1 atom stereocenters. The predicted molar refractivity (Wildman–Crippen MR) is 60.4 cm³/mol. The number of aliphatic hydroxyl groups is 1. The van der Waals surface area contributed by atoms with E-state index in [0.717, 1.165) is 0 Å². The van der Waals surface area contributed by atoms with Gasteiger partial charge >= 0.3 is 5.69 Å². The van der Waals surface area contributed by atoms with Crippen molar-refractivity contribution in [1.82, 2.24) is 4.98 Å². The fraction of sp³-hybridized carbons (Fsp3) is 0.500. The van der Waals surface area contributed by atoms with Crippen LogP contribution >= 0.6 is 0 Å². The lowest BCUT2D eigenvalue weighted by Gasteiger charge is -2.08. The van der Waals surface area contributed by atoms with Crippen LogP contribution in [0.25, 0.3) is 0 Å². The van der Waals surface area contributed by atoms with Crippen molar-refractivity contribution in [2.75, 3.05) is 11.9 Å². The molecule has 0 aliphatic carbocycles. The van der Waals surface area contributed by atoms with E-state index in [1.807, 2.05) is 0 Å². The van der Waals surface area contributed by atoms with E-state index in [0.29, 0.717) is 18.5 Å². The second-order valence-corrected chi connectivity index (χ2v) is 3.65. The van der Waals surface area contributed by atoms with E-state index in [2.05, 4.69) is 10.3 Å². The first kappa shape index (κ1) is 12.4. The molecule has 0 aliphatic rings. The van der Waals surface area contributed by atoms with Crippen LogP contribution in [0.1, 0.15) is 18.9 Å². The second-order valence-electron chi connectivity index (χ2n) is 3.65. The van der Waals surface area contributed by atoms with Crippen LogP contribution in [0.4, 0.5) is 11.5 Å². The number of aryl methyl sites for hydroxylation is 1. The van der Waals surface area contributed by atoms with Crippen molar-refractivity contribution in [2.45, 2.75) is 26.4 Å². The van der Waals surface area contributed by atoms with Crippen LogP contribution < -0.4 is 5.32 Å². The molecule has 0 bridgehead atoms. The number of nitrogens with one attached hydrogen (secondary N) is 1. The van der Waals surface area contributed by atoms with Crippen LogP contribution in [0.3, 0.4) is 0 Å². The van der Waals surface area contributed by atoms with Crippen molar-refractivity contribution >= 4 is 11.5 Å². The fourth-order valence-electron chi connectivity index (χ4n) is 1.31. The lowest BCUT2D eigenvalue weighted by Crippen LogP contribution is -2.12. The van der Waals surface area contributed by atoms with Gasteiger partial charge in [0, 0.05) is 18.3 Å². The fourth-order valence-corrected chi connectivity index (χ4v) is 1.31. The summed E-state index contributed by atoms with van der Waals surface area (Å²) in [5.41, 5.74) is 0.563. The summed E-state index contributed by atoms with van der Waals surface area (Å²) in [6, 6.07) is 1.60. The van der Waals surface area contributed by atoms with E-state index in [9.17, 15) is 10.1 Å². The van der Waals surface area contributed by atoms with Gasteiger partial charge in [0.15, 0.2) is 0 Å². The van der Waals surface area contributed by atoms with Gasteiger partial charge in [-0.15, -0.1) is 0 Å². The summed E-state index contributed by atoms with van der Waals surface area (Å²) in [7, 11) is 0. The Morgan fingerprint density at radius 2 is 2.38 bits per heavy atom.